The van der Waals surface area contributed by atoms with Crippen molar-refractivity contribution in [3.63, 3.8) is 0 Å². The van der Waals surface area contributed by atoms with Crippen molar-refractivity contribution in [3.8, 4) is 0 Å². The maximum absolute atomic E-state index is 13.9. The number of hydrogen-bond acceptors (Lipinski definition) is 8. The second kappa shape index (κ2) is 15.8. The average Bonchev–Trinajstić information content (AvgIpc) is 3.53. The number of hydrogen-bond donors (Lipinski definition) is 5. The lowest BCUT2D eigenvalue weighted by atomic mass is 9.92. The summed E-state index contributed by atoms with van der Waals surface area (Å²) >= 11 is 0. The van der Waals surface area contributed by atoms with Gasteiger partial charge in [-0.2, -0.15) is 0 Å². The molecule has 248 valence electrons. The lowest BCUT2D eigenvalue weighted by Crippen LogP contribution is -2.59. The average molecular weight is 631 g/mol. The molecule has 13 heteroatoms. The Balaban J connectivity index is 1.80. The number of fused-ring (bicyclic) bond motifs is 1. The van der Waals surface area contributed by atoms with Crippen molar-refractivity contribution in [1.29, 1.82) is 0 Å². The van der Waals surface area contributed by atoms with Crippen LogP contribution >= 0.6 is 0 Å². The highest BCUT2D eigenvalue weighted by Gasteiger charge is 2.54. The molecule has 3 rings (SSSR count). The molecule has 13 nitrogen and oxygen atoms in total. The van der Waals surface area contributed by atoms with E-state index in [0.29, 0.717) is 18.4 Å². The van der Waals surface area contributed by atoms with E-state index in [1.165, 1.54) is 4.90 Å². The lowest BCUT2D eigenvalue weighted by molar-refractivity contribution is -0.145. The van der Waals surface area contributed by atoms with Crippen molar-refractivity contribution < 1.29 is 43.7 Å². The van der Waals surface area contributed by atoms with E-state index >= 15 is 0 Å². The Morgan fingerprint density at radius 2 is 1.69 bits per heavy atom. The molecule has 0 radical (unpaired) electrons. The van der Waals surface area contributed by atoms with Crippen LogP contribution in [0.15, 0.2) is 30.3 Å². The van der Waals surface area contributed by atoms with Gasteiger partial charge in [0, 0.05) is 31.2 Å². The lowest BCUT2D eigenvalue weighted by Gasteiger charge is -2.33. The Hall–Kier alpha value is -4.00. The van der Waals surface area contributed by atoms with Gasteiger partial charge in [-0.3, -0.25) is 19.2 Å². The topological polar surface area (TPSA) is 191 Å². The molecule has 1 aromatic carbocycles. The summed E-state index contributed by atoms with van der Waals surface area (Å²) in [5.74, 6) is -4.85. The van der Waals surface area contributed by atoms with Crippen LogP contribution < -0.4 is 16.0 Å². The highest BCUT2D eigenvalue weighted by Crippen LogP contribution is 2.41. The zero-order chi connectivity index (χ0) is 33.4. The first kappa shape index (κ1) is 35.5. The van der Waals surface area contributed by atoms with Gasteiger partial charge >= 0.3 is 12.1 Å². The summed E-state index contributed by atoms with van der Waals surface area (Å²) in [5, 5.41) is 28.4. The number of aliphatic hydroxyl groups is 1. The van der Waals surface area contributed by atoms with Crippen LogP contribution in [0.2, 0.25) is 0 Å². The van der Waals surface area contributed by atoms with Gasteiger partial charge in [0.2, 0.25) is 11.8 Å². The molecule has 0 aromatic heterocycles. The first-order chi connectivity index (χ1) is 21.2. The molecule has 7 atom stereocenters. The fraction of sp³-hybridized carbons (Fsp3) is 0.625. The van der Waals surface area contributed by atoms with E-state index in [9.17, 15) is 39.0 Å². The second-order valence-corrected chi connectivity index (χ2v) is 12.5. The van der Waals surface area contributed by atoms with Crippen molar-refractivity contribution in [3.05, 3.63) is 35.9 Å². The Labute approximate surface area is 263 Å². The van der Waals surface area contributed by atoms with E-state index in [-0.39, 0.29) is 37.5 Å². The molecule has 1 aromatic rings. The normalized spacial score (nSPS) is 21.9. The zero-order valence-electron chi connectivity index (χ0n) is 26.5. The van der Waals surface area contributed by atoms with Crippen LogP contribution in [-0.2, 0) is 35.1 Å². The minimum Gasteiger partial charge on any atom is -0.480 e. The Kier molecular flexibility index (Phi) is 12.5. The third kappa shape index (κ3) is 9.03. The third-order valence-electron chi connectivity index (χ3n) is 8.36. The molecule has 0 bridgehead atoms. The van der Waals surface area contributed by atoms with E-state index in [1.807, 2.05) is 0 Å². The number of amides is 4. The number of alkyl carbamates (subject to hydrolysis) is 1. The molecule has 1 heterocycles. The number of ketones is 1. The number of carbonyl (C=O) groups is 6. The summed E-state index contributed by atoms with van der Waals surface area (Å²) in [5.41, 5.74) is 0.677. The maximum atomic E-state index is 13.9. The summed E-state index contributed by atoms with van der Waals surface area (Å²) < 4.78 is 5.16. The van der Waals surface area contributed by atoms with Crippen LogP contribution in [0.4, 0.5) is 4.79 Å². The van der Waals surface area contributed by atoms with Gasteiger partial charge in [-0.25, -0.2) is 9.59 Å². The Bertz CT molecular complexity index is 1240. The van der Waals surface area contributed by atoms with Crippen LogP contribution in [-0.4, -0.2) is 93.6 Å². The number of Topliss-reactive ketones (excluding diaryl/α,β-unsaturated/α-hetero) is 1. The van der Waals surface area contributed by atoms with Gasteiger partial charge < -0.3 is 35.8 Å². The van der Waals surface area contributed by atoms with Gasteiger partial charge in [-0.1, -0.05) is 57.5 Å². The minimum absolute atomic E-state index is 0.00576. The van der Waals surface area contributed by atoms with E-state index in [1.54, 1.807) is 65.0 Å². The number of carbonyl (C=O) groups excluding carboxylic acids is 5. The molecule has 2 unspecified atom stereocenters. The quantitative estimate of drug-likeness (QED) is 0.202. The summed E-state index contributed by atoms with van der Waals surface area (Å²) in [7, 11) is 0. The summed E-state index contributed by atoms with van der Waals surface area (Å²) in [6, 6.07) is 4.20. The molecule has 45 heavy (non-hydrogen) atoms. The van der Waals surface area contributed by atoms with Crippen molar-refractivity contribution in [2.75, 3.05) is 6.54 Å². The number of benzene rings is 1. The monoisotopic (exact) mass is 630 g/mol. The van der Waals surface area contributed by atoms with Crippen molar-refractivity contribution in [2.24, 2.45) is 17.8 Å². The van der Waals surface area contributed by atoms with E-state index in [4.69, 9.17) is 4.74 Å². The highest BCUT2D eigenvalue weighted by molar-refractivity contribution is 5.96. The number of likely N-dealkylation sites (tertiary alicyclic amines) is 1. The smallest absolute Gasteiger partial charge is 0.408 e. The largest absolute Gasteiger partial charge is 0.480 e. The minimum atomic E-state index is -1.78. The maximum Gasteiger partial charge on any atom is 0.408 e. The first-order valence-electron chi connectivity index (χ1n) is 15.6. The number of aliphatic carboxylic acids is 1. The summed E-state index contributed by atoms with van der Waals surface area (Å²) in [6.45, 7) is 8.63. The van der Waals surface area contributed by atoms with Gasteiger partial charge in [-0.05, 0) is 38.2 Å². The van der Waals surface area contributed by atoms with Crippen LogP contribution in [0.3, 0.4) is 0 Å². The van der Waals surface area contributed by atoms with Crippen molar-refractivity contribution >= 4 is 35.6 Å². The van der Waals surface area contributed by atoms with E-state index in [2.05, 4.69) is 16.0 Å². The molecule has 2 aliphatic rings. The number of nitrogens with zero attached hydrogens (tertiary/aromatic N) is 1. The molecule has 0 spiro atoms. The number of nitrogens with one attached hydrogen (secondary N) is 3. The Morgan fingerprint density at radius 3 is 2.27 bits per heavy atom. The molecule has 1 saturated heterocycles. The van der Waals surface area contributed by atoms with Gasteiger partial charge in [0.05, 0.1) is 12.1 Å². The SMILES string of the molecule is CCCC(NC(=O)[C@@H]1[C@H]2CCC(=O)[C@H]2CN1C(=O)[C@@H](NC(=O)OC(C)C)C(C)C)C(O)C(=O)N[C@@H](Cc1ccccc1)C(=O)O. The summed E-state index contributed by atoms with van der Waals surface area (Å²) in [4.78, 5) is 79.1. The van der Waals surface area contributed by atoms with Gasteiger partial charge in [-0.15, -0.1) is 0 Å². The molecule has 2 fully saturated rings. The van der Waals surface area contributed by atoms with Gasteiger partial charge in [0.15, 0.2) is 6.10 Å². The van der Waals surface area contributed by atoms with E-state index in [0.717, 1.165) is 0 Å². The molecular weight excluding hydrogens is 584 g/mol. The first-order valence-corrected chi connectivity index (χ1v) is 15.6. The fourth-order valence-electron chi connectivity index (χ4n) is 6.11. The number of rotatable bonds is 14. The number of carboxylic acid groups (broad SMARTS) is 1. The van der Waals surface area contributed by atoms with Crippen molar-refractivity contribution in [1.82, 2.24) is 20.9 Å². The van der Waals surface area contributed by atoms with Gasteiger partial charge in [0.1, 0.15) is 23.9 Å². The number of aliphatic hydroxyl groups excluding tert-OH is 1. The number of carboxylic acids is 1. The van der Waals surface area contributed by atoms with Crippen LogP contribution in [0, 0.1) is 17.8 Å². The van der Waals surface area contributed by atoms with Gasteiger partial charge in [0.25, 0.3) is 5.91 Å². The zero-order valence-corrected chi connectivity index (χ0v) is 26.5. The van der Waals surface area contributed by atoms with Crippen LogP contribution in [0.1, 0.15) is 65.9 Å². The van der Waals surface area contributed by atoms with Crippen molar-refractivity contribution in [2.45, 2.75) is 103 Å². The third-order valence-corrected chi connectivity index (χ3v) is 8.36. The molecule has 1 saturated carbocycles. The van der Waals surface area contributed by atoms with Crippen LogP contribution in [0.5, 0.6) is 0 Å². The predicted molar refractivity (Wildman–Crippen MR) is 163 cm³/mol. The molecular formula is C32H46N4O9. The predicted octanol–water partition coefficient (Wildman–Crippen LogP) is 1.41. The highest BCUT2D eigenvalue weighted by atomic mass is 16.6. The summed E-state index contributed by atoms with van der Waals surface area (Å²) in [6.07, 6.45) is -1.68. The van der Waals surface area contributed by atoms with E-state index < -0.39 is 78.0 Å². The Morgan fingerprint density at radius 1 is 1.02 bits per heavy atom. The second-order valence-electron chi connectivity index (χ2n) is 12.5. The molecule has 5 N–H and O–H groups in total. The molecule has 4 amide bonds. The standard InChI is InChI=1S/C32H46N4O9/c1-6-10-22(27(38)29(40)34-23(31(42)43)15-19-11-8-7-9-12-19)33-28(39)26-20-13-14-24(37)21(20)16-36(26)30(41)25(17(2)3)35-32(44)45-18(4)5/h7-9,11-12,17-18,20-23,25-27,38H,6,10,13-16H2,1-5H3,(H,33,39)(H,34,40)(H,35,44)(H,42,43)/t20-,21-,22?,23-,25-,26-,27?/m0/s1. The number of ether oxygens (including phenoxy) is 1. The fourth-order valence-corrected chi connectivity index (χ4v) is 6.11. The van der Waals surface area contributed by atoms with Crippen LogP contribution in [0.25, 0.3) is 0 Å². The molecule has 1 aliphatic carbocycles. The molecule has 1 aliphatic heterocycles.